The van der Waals surface area contributed by atoms with Gasteiger partial charge in [0, 0.05) is 0 Å². The number of halogens is 2. The Labute approximate surface area is 155 Å². The molecule has 0 aromatic carbocycles. The van der Waals surface area contributed by atoms with E-state index >= 15 is 0 Å². The van der Waals surface area contributed by atoms with Crippen LogP contribution in [0.25, 0.3) is 0 Å². The summed E-state index contributed by atoms with van der Waals surface area (Å²) in [7, 11) is 0. The third-order valence-electron chi connectivity index (χ3n) is 2.70. The molecule has 0 bridgehead atoms. The van der Waals surface area contributed by atoms with Gasteiger partial charge in [0.15, 0.2) is 0 Å². The van der Waals surface area contributed by atoms with Gasteiger partial charge in [0.25, 0.3) is 0 Å². The minimum Gasteiger partial charge on any atom is -0.358 e. The second kappa shape index (κ2) is 14.6. The van der Waals surface area contributed by atoms with Crippen molar-refractivity contribution in [2.24, 2.45) is 0 Å². The Bertz CT molecular complexity index is 193. The van der Waals surface area contributed by atoms with Gasteiger partial charge < -0.3 is 13.8 Å². The van der Waals surface area contributed by atoms with Gasteiger partial charge in [-0.05, 0) is 39.0 Å². The van der Waals surface area contributed by atoms with Crippen LogP contribution < -0.4 is 51.4 Å². The van der Waals surface area contributed by atoms with Crippen molar-refractivity contribution in [3.8, 4) is 0 Å². The van der Waals surface area contributed by atoms with Gasteiger partial charge in [0.05, 0.1) is 0 Å². The topological polar surface area (TPSA) is 0 Å². The third-order valence-corrected chi connectivity index (χ3v) is 2.70. The molecule has 0 saturated heterocycles. The first-order chi connectivity index (χ1) is 7.60. The molecule has 0 aromatic heterocycles. The van der Waals surface area contributed by atoms with Gasteiger partial charge in [0.1, 0.15) is 0 Å². The van der Waals surface area contributed by atoms with Crippen molar-refractivity contribution in [1.29, 1.82) is 0 Å². The molecule has 0 radical (unpaired) electrons. The van der Waals surface area contributed by atoms with Crippen LogP contribution in [0.5, 0.6) is 0 Å². The van der Waals surface area contributed by atoms with Crippen molar-refractivity contribution in [1.82, 2.24) is 0 Å². The maximum atomic E-state index is 12.2. The van der Waals surface area contributed by atoms with E-state index in [1.807, 2.05) is 20.3 Å². The maximum absolute atomic E-state index is 12.2. The third kappa shape index (κ3) is 13.7. The second-order valence-electron chi connectivity index (χ2n) is 4.16. The molecular weight excluding hydrogens is 257 g/mol. The van der Waals surface area contributed by atoms with Crippen LogP contribution in [-0.2, 0) is 0 Å². The summed E-state index contributed by atoms with van der Waals surface area (Å²) < 4.78 is 24.4. The Kier molecular flexibility index (Phi) is 19.7. The van der Waals surface area contributed by atoms with E-state index in [-0.39, 0.29) is 71.7 Å². The predicted molar refractivity (Wildman–Crippen MR) is 73.1 cm³/mol. The molecule has 0 aromatic rings. The Morgan fingerprint density at radius 1 is 1.17 bits per heavy atom. The monoisotopic (exact) mass is 285 g/mol. The molecule has 1 fully saturated rings. The fourth-order valence-corrected chi connectivity index (χ4v) is 1.73. The van der Waals surface area contributed by atoms with Crippen molar-refractivity contribution in [2.75, 3.05) is 0 Å². The van der Waals surface area contributed by atoms with E-state index in [9.17, 15) is 8.78 Å². The van der Waals surface area contributed by atoms with E-state index in [0.29, 0.717) is 12.8 Å². The minimum absolute atomic E-state index is 0. The minimum atomic E-state index is -2.35. The summed E-state index contributed by atoms with van der Waals surface area (Å²) in [5, 5.41) is 0. The summed E-state index contributed by atoms with van der Waals surface area (Å²) in [5.74, 6) is -2.35. The Morgan fingerprint density at radius 3 is 1.83 bits per heavy atom. The number of alkyl halides is 2. The van der Waals surface area contributed by atoms with E-state index in [0.717, 1.165) is 0 Å². The van der Waals surface area contributed by atoms with Crippen LogP contribution in [0.1, 0.15) is 65.7 Å². The molecule has 0 heterocycles. The number of hydrogen-bond acceptors (Lipinski definition) is 0. The van der Waals surface area contributed by atoms with Gasteiger partial charge >= 0.3 is 51.4 Å². The molecule has 0 spiro atoms. The maximum Gasteiger partial charge on any atom is 1.00 e. The van der Waals surface area contributed by atoms with Crippen LogP contribution >= 0.6 is 0 Å². The fourth-order valence-electron chi connectivity index (χ4n) is 1.73. The molecule has 1 saturated carbocycles. The standard InChI is InChI=1S/C6H9F2.C6H10.C2H6.CH3.K/c7-6(8)4-2-1-3-5-6;1-6-4-2-3-5-6;1-2;;/h1H,2-5H2;4H,2-3,5H2,1H3;1-2H3;1H3;/q-1;;;-1;+1. The zero-order chi connectivity index (χ0) is 12.4. The van der Waals surface area contributed by atoms with Gasteiger partial charge in [-0.3, -0.25) is 0 Å². The SMILES string of the molecule is CC.CC1=CCCC1.FC1(F)CC[CH-]CC1.[CH3-].[K+]. The molecule has 0 amide bonds. The van der Waals surface area contributed by atoms with Crippen molar-refractivity contribution in [2.45, 2.75) is 71.6 Å². The molecule has 0 atom stereocenters. The van der Waals surface area contributed by atoms with Crippen LogP contribution in [0.2, 0.25) is 0 Å². The van der Waals surface area contributed by atoms with E-state index in [1.165, 1.54) is 19.3 Å². The fraction of sp³-hybridized carbons (Fsp3) is 0.733. The van der Waals surface area contributed by atoms with Crippen molar-refractivity contribution < 1.29 is 60.2 Å². The zero-order valence-corrected chi connectivity index (χ0v) is 16.0. The Hall–Kier alpha value is 1.24. The van der Waals surface area contributed by atoms with Crippen molar-refractivity contribution in [3.05, 3.63) is 25.5 Å². The number of allylic oxidation sites excluding steroid dienone is 2. The predicted octanol–water partition coefficient (Wildman–Crippen LogP) is 3.00. The van der Waals surface area contributed by atoms with Crippen LogP contribution in [0.4, 0.5) is 8.78 Å². The normalized spacial score (nSPS) is 19.7. The van der Waals surface area contributed by atoms with Gasteiger partial charge in [-0.15, -0.1) is 0 Å². The first-order valence-electron chi connectivity index (χ1n) is 6.45. The molecule has 18 heavy (non-hydrogen) atoms. The second-order valence-corrected chi connectivity index (χ2v) is 4.16. The van der Waals surface area contributed by atoms with Crippen LogP contribution in [0.3, 0.4) is 0 Å². The number of hydrogen-bond donors (Lipinski definition) is 0. The summed E-state index contributed by atoms with van der Waals surface area (Å²) >= 11 is 0. The van der Waals surface area contributed by atoms with E-state index < -0.39 is 5.92 Å². The van der Waals surface area contributed by atoms with E-state index in [4.69, 9.17) is 0 Å². The zero-order valence-electron chi connectivity index (χ0n) is 12.9. The Balaban J connectivity index is -0.000000204. The van der Waals surface area contributed by atoms with Crippen molar-refractivity contribution in [3.63, 3.8) is 0 Å². The molecule has 0 unspecified atom stereocenters. The summed E-state index contributed by atoms with van der Waals surface area (Å²) in [6, 6.07) is 0. The van der Waals surface area contributed by atoms with E-state index in [2.05, 4.69) is 13.0 Å². The molecular formula is C15H28F2K-. The van der Waals surface area contributed by atoms with Gasteiger partial charge in [-0.1, -0.05) is 25.5 Å². The number of rotatable bonds is 0. The molecule has 2 aliphatic rings. The summed E-state index contributed by atoms with van der Waals surface area (Å²) in [6.07, 6.45) is 9.62. The first-order valence-corrected chi connectivity index (χ1v) is 6.45. The van der Waals surface area contributed by atoms with Crippen LogP contribution in [0.15, 0.2) is 11.6 Å². The smallest absolute Gasteiger partial charge is 0.358 e. The molecule has 2 rings (SSSR count). The quantitative estimate of drug-likeness (QED) is 0.365. The molecule has 104 valence electrons. The average Bonchev–Trinajstić information content (AvgIpc) is 2.73. The first kappa shape index (κ1) is 24.3. The summed E-state index contributed by atoms with van der Waals surface area (Å²) in [4.78, 5) is 0. The van der Waals surface area contributed by atoms with Gasteiger partial charge in [-0.2, -0.15) is 12.8 Å². The van der Waals surface area contributed by atoms with Crippen LogP contribution in [-0.4, -0.2) is 5.92 Å². The van der Waals surface area contributed by atoms with Crippen molar-refractivity contribution >= 4 is 0 Å². The molecule has 0 nitrogen and oxygen atoms in total. The van der Waals surface area contributed by atoms with E-state index in [1.54, 1.807) is 5.57 Å². The largest absolute Gasteiger partial charge is 1.00 e. The molecule has 0 aliphatic heterocycles. The van der Waals surface area contributed by atoms with Gasteiger partial charge in [-0.25, -0.2) is 8.78 Å². The Morgan fingerprint density at radius 2 is 1.67 bits per heavy atom. The average molecular weight is 285 g/mol. The van der Waals surface area contributed by atoms with Crippen LogP contribution in [0, 0.1) is 13.8 Å². The molecule has 0 N–H and O–H groups in total. The molecule has 3 heteroatoms. The summed E-state index contributed by atoms with van der Waals surface area (Å²) in [5.41, 5.74) is 1.58. The summed E-state index contributed by atoms with van der Waals surface area (Å²) in [6.45, 7) is 6.20. The van der Waals surface area contributed by atoms with Gasteiger partial charge in [0.2, 0.25) is 5.92 Å². The molecule has 2 aliphatic carbocycles.